The third kappa shape index (κ3) is 13.8. The molecule has 1 heterocycles. The molecule has 14 nitrogen and oxygen atoms in total. The minimum atomic E-state index is -1.22. The molecule has 1 aliphatic carbocycles. The van der Waals surface area contributed by atoms with Crippen LogP contribution in [0.15, 0.2) is 0 Å². The van der Waals surface area contributed by atoms with Crippen molar-refractivity contribution in [3.63, 3.8) is 0 Å². The van der Waals surface area contributed by atoms with Gasteiger partial charge in [0, 0.05) is 26.1 Å². The van der Waals surface area contributed by atoms with E-state index in [-0.39, 0.29) is 37.8 Å². The summed E-state index contributed by atoms with van der Waals surface area (Å²) in [5.41, 5.74) is 11.3. The van der Waals surface area contributed by atoms with Crippen molar-refractivity contribution in [2.24, 2.45) is 23.3 Å². The lowest BCUT2D eigenvalue weighted by Gasteiger charge is -2.34. The third-order valence-electron chi connectivity index (χ3n) is 10.1. The fourth-order valence-electron chi connectivity index (χ4n) is 6.92. The monoisotopic (exact) mass is 707 g/mol. The van der Waals surface area contributed by atoms with Crippen molar-refractivity contribution in [3.8, 4) is 0 Å². The molecule has 14 heteroatoms. The number of nitrogens with one attached hydrogen (secondary N) is 4. The van der Waals surface area contributed by atoms with E-state index in [1.807, 2.05) is 6.92 Å². The number of carbonyl (C=O) groups excluding carboxylic acids is 6. The lowest BCUT2D eigenvalue weighted by molar-refractivity contribution is -0.147. The minimum absolute atomic E-state index is 0.0663. The van der Waals surface area contributed by atoms with Crippen LogP contribution in [0, 0.1) is 11.8 Å². The highest BCUT2D eigenvalue weighted by Gasteiger charge is 2.38. The number of nitrogens with zero attached hydrogens (tertiary/aromatic N) is 1. The van der Waals surface area contributed by atoms with Crippen LogP contribution in [0.5, 0.6) is 0 Å². The van der Waals surface area contributed by atoms with Crippen molar-refractivity contribution in [2.75, 3.05) is 20.2 Å². The first-order valence-corrected chi connectivity index (χ1v) is 18.9. The van der Waals surface area contributed by atoms with Gasteiger partial charge in [-0.1, -0.05) is 78.6 Å². The first-order valence-electron chi connectivity index (χ1n) is 18.9. The molecular weight excluding hydrogens is 642 g/mol. The number of amides is 6. The third-order valence-corrected chi connectivity index (χ3v) is 10.1. The molecule has 1 aliphatic heterocycles. The van der Waals surface area contributed by atoms with Crippen molar-refractivity contribution >= 4 is 35.4 Å². The van der Waals surface area contributed by atoms with Gasteiger partial charge in [-0.15, -0.1) is 0 Å². The quantitative estimate of drug-likeness (QED) is 0.130. The van der Waals surface area contributed by atoms with Crippen LogP contribution in [0.25, 0.3) is 0 Å². The van der Waals surface area contributed by atoms with Gasteiger partial charge in [0.25, 0.3) is 0 Å². The van der Waals surface area contributed by atoms with Crippen molar-refractivity contribution in [3.05, 3.63) is 0 Å². The highest BCUT2D eigenvalue weighted by atomic mass is 16.5. The molecule has 1 saturated carbocycles. The van der Waals surface area contributed by atoms with Crippen LogP contribution in [0.4, 0.5) is 0 Å². The summed E-state index contributed by atoms with van der Waals surface area (Å²) in [7, 11) is 1.62. The van der Waals surface area contributed by atoms with E-state index >= 15 is 0 Å². The fourth-order valence-corrected chi connectivity index (χ4v) is 6.92. The van der Waals surface area contributed by atoms with E-state index in [9.17, 15) is 28.8 Å². The molecule has 2 rings (SSSR count). The minimum Gasteiger partial charge on any atom is -0.375 e. The molecule has 8 N–H and O–H groups in total. The molecule has 0 aromatic rings. The molecule has 0 bridgehead atoms. The number of ether oxygens (including phenoxy) is 1. The summed E-state index contributed by atoms with van der Waals surface area (Å²) < 4.78 is 6.32. The zero-order chi connectivity index (χ0) is 37.2. The molecule has 2 fully saturated rings. The van der Waals surface area contributed by atoms with Gasteiger partial charge in [-0.3, -0.25) is 28.8 Å². The van der Waals surface area contributed by atoms with Gasteiger partial charge >= 0.3 is 0 Å². The normalized spacial score (nSPS) is 29.0. The molecule has 1 saturated heterocycles. The van der Waals surface area contributed by atoms with E-state index in [4.69, 9.17) is 16.2 Å². The molecule has 286 valence electrons. The van der Waals surface area contributed by atoms with Gasteiger partial charge < -0.3 is 42.4 Å². The number of nitrogens with two attached hydrogens (primary N) is 2. The van der Waals surface area contributed by atoms with E-state index in [0.717, 1.165) is 51.4 Å². The molecule has 7 atom stereocenters. The van der Waals surface area contributed by atoms with E-state index in [1.54, 1.807) is 20.9 Å². The standard InChI is InChI=1S/C36H65N7O7/c1-6-8-9-14-18-29-24(4)36(49)43(5)28(15-7-2)34(47)42-31(25-16-12-10-11-13-17-25)35(48)41-27(21-37)33(46)40-26(19-20-30(38)44)32(45)39-23(3)22-50-29/h23-29,31H,6-22,37H2,1-5H3,(H2,38,44)(H,39,45)(H,40,46)(H,41,48)(H,42,47)/t23-,24?,26?,27?,28?,29-,31?/m1/s1. The number of rotatable bonds is 12. The maximum atomic E-state index is 14.1. The van der Waals surface area contributed by atoms with Gasteiger partial charge in [0.05, 0.1) is 18.6 Å². The summed E-state index contributed by atoms with van der Waals surface area (Å²) >= 11 is 0. The Hall–Kier alpha value is -3.26. The Morgan fingerprint density at radius 3 is 2.02 bits per heavy atom. The first-order chi connectivity index (χ1) is 23.8. The molecule has 5 unspecified atom stereocenters. The molecular formula is C36H65N7O7. The lowest BCUT2D eigenvalue weighted by Crippen LogP contribution is -2.61. The average molecular weight is 708 g/mol. The van der Waals surface area contributed by atoms with Crippen molar-refractivity contribution in [1.29, 1.82) is 0 Å². The van der Waals surface area contributed by atoms with E-state index in [1.165, 1.54) is 4.90 Å². The van der Waals surface area contributed by atoms with Crippen LogP contribution in [-0.4, -0.2) is 96.9 Å². The van der Waals surface area contributed by atoms with E-state index in [2.05, 4.69) is 28.2 Å². The molecule has 6 amide bonds. The zero-order valence-electron chi connectivity index (χ0n) is 31.1. The predicted molar refractivity (Wildman–Crippen MR) is 191 cm³/mol. The first kappa shape index (κ1) is 42.9. The second-order valence-electron chi connectivity index (χ2n) is 14.3. The number of likely N-dealkylation sites (N-methyl/N-ethyl adjacent to an activating group) is 1. The smallest absolute Gasteiger partial charge is 0.244 e. The van der Waals surface area contributed by atoms with Crippen LogP contribution >= 0.6 is 0 Å². The Morgan fingerprint density at radius 1 is 0.780 bits per heavy atom. The van der Waals surface area contributed by atoms with Crippen LogP contribution in [0.2, 0.25) is 0 Å². The molecule has 0 spiro atoms. The molecule has 2 aliphatic rings. The van der Waals surface area contributed by atoms with E-state index < -0.39 is 71.8 Å². The zero-order valence-corrected chi connectivity index (χ0v) is 31.1. The van der Waals surface area contributed by atoms with Gasteiger partial charge in [0.2, 0.25) is 35.4 Å². The summed E-state index contributed by atoms with van der Waals surface area (Å²) in [6.45, 7) is 7.43. The van der Waals surface area contributed by atoms with Gasteiger partial charge in [-0.05, 0) is 44.9 Å². The summed E-state index contributed by atoms with van der Waals surface area (Å²) in [5, 5.41) is 11.2. The van der Waals surface area contributed by atoms with Gasteiger partial charge in [-0.2, -0.15) is 0 Å². The molecule has 0 aromatic carbocycles. The maximum Gasteiger partial charge on any atom is 0.244 e. The number of primary amides is 1. The summed E-state index contributed by atoms with van der Waals surface area (Å²) in [5.74, 6) is -3.89. The second kappa shape index (κ2) is 22.5. The van der Waals surface area contributed by atoms with Gasteiger partial charge in [0.1, 0.15) is 24.2 Å². The van der Waals surface area contributed by atoms with Crippen molar-refractivity contribution < 1.29 is 33.5 Å². The van der Waals surface area contributed by atoms with Crippen molar-refractivity contribution in [2.45, 2.75) is 160 Å². The topological polar surface area (TPSA) is 215 Å². The molecule has 0 radical (unpaired) electrons. The van der Waals surface area contributed by atoms with Crippen LogP contribution in [0.3, 0.4) is 0 Å². The fraction of sp³-hybridized carbons (Fsp3) is 0.833. The van der Waals surface area contributed by atoms with Crippen LogP contribution in [0.1, 0.15) is 124 Å². The number of hydrogen-bond donors (Lipinski definition) is 6. The summed E-state index contributed by atoms with van der Waals surface area (Å²) in [6.07, 6.45) is 10.1. The Labute approximate surface area is 298 Å². The summed E-state index contributed by atoms with van der Waals surface area (Å²) in [6, 6.07) is -4.66. The Morgan fingerprint density at radius 2 is 1.42 bits per heavy atom. The Bertz CT molecular complexity index is 1110. The lowest BCUT2D eigenvalue weighted by atomic mass is 9.90. The number of hydrogen-bond acceptors (Lipinski definition) is 8. The van der Waals surface area contributed by atoms with Gasteiger partial charge in [0.15, 0.2) is 0 Å². The highest BCUT2D eigenvalue weighted by molar-refractivity contribution is 5.96. The van der Waals surface area contributed by atoms with E-state index in [0.29, 0.717) is 32.1 Å². The second-order valence-corrected chi connectivity index (χ2v) is 14.3. The SMILES string of the molecule is CCCCCC[C@H]1OC[C@@H](C)NC(=O)C(CCC(N)=O)NC(=O)C(CN)NC(=O)C(C2CCCCCC2)NC(=O)C(CCC)N(C)C(=O)C1C. The maximum absolute atomic E-state index is 14.1. The van der Waals surface area contributed by atoms with Gasteiger partial charge in [-0.25, -0.2) is 0 Å². The van der Waals surface area contributed by atoms with Crippen LogP contribution < -0.4 is 32.7 Å². The largest absolute Gasteiger partial charge is 0.375 e. The molecule has 0 aromatic heterocycles. The van der Waals surface area contributed by atoms with Crippen LogP contribution in [-0.2, 0) is 33.5 Å². The highest BCUT2D eigenvalue weighted by Crippen LogP contribution is 2.27. The Balaban J connectivity index is 2.55. The summed E-state index contributed by atoms with van der Waals surface area (Å²) in [4.78, 5) is 82.2. The Kier molecular flexibility index (Phi) is 19.3. The van der Waals surface area contributed by atoms with Crippen molar-refractivity contribution in [1.82, 2.24) is 26.2 Å². The predicted octanol–water partition coefficient (Wildman–Crippen LogP) is 1.77. The number of unbranched alkanes of at least 4 members (excludes halogenated alkanes) is 3. The number of carbonyl (C=O) groups is 6. The average Bonchev–Trinajstić information content (AvgIpc) is 3.37. The molecule has 50 heavy (non-hydrogen) atoms.